The summed E-state index contributed by atoms with van der Waals surface area (Å²) in [7, 11) is 1.60. The minimum absolute atomic E-state index is 0.347. The Balaban J connectivity index is 1.85. The van der Waals surface area contributed by atoms with Crippen LogP contribution in [0.5, 0.6) is 5.75 Å². The Bertz CT molecular complexity index is 622. The van der Waals surface area contributed by atoms with E-state index in [-0.39, 0.29) is 5.82 Å². The van der Waals surface area contributed by atoms with E-state index in [9.17, 15) is 9.18 Å². The second-order valence-electron chi connectivity index (χ2n) is 4.21. The van der Waals surface area contributed by atoms with Gasteiger partial charge in [0.1, 0.15) is 11.6 Å². The molecule has 0 radical (unpaired) electrons. The fraction of sp³-hybridized carbons (Fsp3) is 0.0625. The maximum absolute atomic E-state index is 12.7. The number of amides is 2. The normalized spacial score (nSPS) is 10.4. The molecule has 2 rings (SSSR count). The van der Waals surface area contributed by atoms with Gasteiger partial charge in [0, 0.05) is 11.9 Å². The molecule has 2 amide bonds. The topological polar surface area (TPSA) is 50.4 Å². The van der Waals surface area contributed by atoms with Crippen molar-refractivity contribution < 1.29 is 13.9 Å². The van der Waals surface area contributed by atoms with Gasteiger partial charge >= 0.3 is 6.03 Å². The predicted octanol–water partition coefficient (Wildman–Crippen LogP) is 3.63. The lowest BCUT2D eigenvalue weighted by molar-refractivity contribution is 0.255. The second kappa shape index (κ2) is 7.09. The van der Waals surface area contributed by atoms with Gasteiger partial charge in [-0.3, -0.25) is 0 Å². The van der Waals surface area contributed by atoms with Gasteiger partial charge in [-0.2, -0.15) is 0 Å². The molecule has 0 bridgehead atoms. The smallest absolute Gasteiger partial charge is 0.323 e. The second-order valence-corrected chi connectivity index (χ2v) is 4.21. The molecule has 0 heterocycles. The molecule has 21 heavy (non-hydrogen) atoms. The summed E-state index contributed by atoms with van der Waals surface area (Å²) >= 11 is 0. The highest BCUT2D eigenvalue weighted by atomic mass is 19.1. The summed E-state index contributed by atoms with van der Waals surface area (Å²) in [6, 6.07) is 12.5. The van der Waals surface area contributed by atoms with E-state index in [1.807, 2.05) is 24.3 Å². The third-order valence-electron chi connectivity index (χ3n) is 2.71. The number of carbonyl (C=O) groups excluding carboxylic acids is 1. The van der Waals surface area contributed by atoms with Crippen molar-refractivity contribution in [2.24, 2.45) is 0 Å². The molecule has 2 N–H and O–H groups in total. The monoisotopic (exact) mass is 286 g/mol. The molecule has 0 aliphatic carbocycles. The summed E-state index contributed by atoms with van der Waals surface area (Å²) in [5, 5.41) is 5.15. The first kappa shape index (κ1) is 14.6. The molecular weight excluding hydrogens is 271 g/mol. The molecule has 108 valence electrons. The SMILES string of the molecule is COc1ccc(/C=C/NC(=O)Nc2ccc(F)cc2)cc1. The van der Waals surface area contributed by atoms with Gasteiger partial charge in [-0.15, -0.1) is 0 Å². The van der Waals surface area contributed by atoms with Crippen molar-refractivity contribution in [2.45, 2.75) is 0 Å². The Morgan fingerprint density at radius 1 is 1.10 bits per heavy atom. The van der Waals surface area contributed by atoms with Crippen molar-refractivity contribution in [3.05, 3.63) is 66.1 Å². The average Bonchev–Trinajstić information content (AvgIpc) is 2.50. The quantitative estimate of drug-likeness (QED) is 0.901. The van der Waals surface area contributed by atoms with E-state index in [1.54, 1.807) is 13.2 Å². The molecule has 0 spiro atoms. The lowest BCUT2D eigenvalue weighted by atomic mass is 10.2. The Morgan fingerprint density at radius 3 is 2.38 bits per heavy atom. The van der Waals surface area contributed by atoms with Crippen LogP contribution in [0.4, 0.5) is 14.9 Å². The van der Waals surface area contributed by atoms with Crippen LogP contribution in [-0.2, 0) is 0 Å². The van der Waals surface area contributed by atoms with E-state index in [1.165, 1.54) is 30.5 Å². The highest BCUT2D eigenvalue weighted by Gasteiger charge is 1.99. The van der Waals surface area contributed by atoms with Crippen molar-refractivity contribution >= 4 is 17.8 Å². The Labute approximate surface area is 122 Å². The zero-order chi connectivity index (χ0) is 15.1. The largest absolute Gasteiger partial charge is 0.497 e. The minimum Gasteiger partial charge on any atom is -0.497 e. The summed E-state index contributed by atoms with van der Waals surface area (Å²) in [6.07, 6.45) is 3.28. The van der Waals surface area contributed by atoms with Gasteiger partial charge in [0.15, 0.2) is 0 Å². The van der Waals surface area contributed by atoms with Gasteiger partial charge in [0.2, 0.25) is 0 Å². The maximum Gasteiger partial charge on any atom is 0.323 e. The van der Waals surface area contributed by atoms with Crippen LogP contribution in [0.25, 0.3) is 6.08 Å². The van der Waals surface area contributed by atoms with E-state index in [2.05, 4.69) is 10.6 Å². The highest BCUT2D eigenvalue weighted by molar-refractivity contribution is 5.90. The fourth-order valence-corrected chi connectivity index (χ4v) is 1.63. The molecule has 0 aromatic heterocycles. The number of carbonyl (C=O) groups is 1. The van der Waals surface area contributed by atoms with Crippen molar-refractivity contribution in [3.63, 3.8) is 0 Å². The average molecular weight is 286 g/mol. The summed E-state index contributed by atoms with van der Waals surface area (Å²) in [5.41, 5.74) is 1.45. The number of nitrogens with one attached hydrogen (secondary N) is 2. The van der Waals surface area contributed by atoms with E-state index in [4.69, 9.17) is 4.74 Å². The van der Waals surface area contributed by atoms with Gasteiger partial charge in [-0.25, -0.2) is 9.18 Å². The molecule has 0 aliphatic rings. The summed E-state index contributed by atoms with van der Waals surface area (Å²) < 4.78 is 17.8. The van der Waals surface area contributed by atoms with Crippen LogP contribution < -0.4 is 15.4 Å². The molecule has 0 aliphatic heterocycles. The molecule has 4 nitrogen and oxygen atoms in total. The van der Waals surface area contributed by atoms with Crippen LogP contribution in [0.15, 0.2) is 54.7 Å². The van der Waals surface area contributed by atoms with Crippen LogP contribution in [0.1, 0.15) is 5.56 Å². The number of hydrogen-bond donors (Lipinski definition) is 2. The van der Waals surface area contributed by atoms with E-state index in [0.717, 1.165) is 11.3 Å². The van der Waals surface area contributed by atoms with Crippen LogP contribution in [0, 0.1) is 5.82 Å². The molecule has 0 atom stereocenters. The number of halogens is 1. The molecule has 2 aromatic rings. The predicted molar refractivity (Wildman–Crippen MR) is 80.6 cm³/mol. The van der Waals surface area contributed by atoms with Crippen LogP contribution in [0.3, 0.4) is 0 Å². The van der Waals surface area contributed by atoms with Crippen molar-refractivity contribution in [2.75, 3.05) is 12.4 Å². The molecule has 5 heteroatoms. The molecule has 0 saturated heterocycles. The van der Waals surface area contributed by atoms with Gasteiger partial charge in [0.25, 0.3) is 0 Å². The first-order chi connectivity index (χ1) is 10.2. The van der Waals surface area contributed by atoms with E-state index < -0.39 is 6.03 Å². The number of methoxy groups -OCH3 is 1. The van der Waals surface area contributed by atoms with Gasteiger partial charge < -0.3 is 15.4 Å². The number of rotatable bonds is 4. The number of ether oxygens (including phenoxy) is 1. The van der Waals surface area contributed by atoms with Gasteiger partial charge in [-0.05, 0) is 48.0 Å². The lowest BCUT2D eigenvalue weighted by Gasteiger charge is -2.04. The standard InChI is InChI=1S/C16H15FN2O2/c1-21-15-8-2-12(3-9-15)10-11-18-16(20)19-14-6-4-13(17)5-7-14/h2-11H,1H3,(H2,18,19,20)/b11-10+. The lowest BCUT2D eigenvalue weighted by Crippen LogP contribution is -2.23. The van der Waals surface area contributed by atoms with Gasteiger partial charge in [0.05, 0.1) is 7.11 Å². The van der Waals surface area contributed by atoms with Crippen molar-refractivity contribution in [1.82, 2.24) is 5.32 Å². The summed E-state index contributed by atoms with van der Waals surface area (Å²) in [4.78, 5) is 11.6. The number of hydrogen-bond acceptors (Lipinski definition) is 2. The fourth-order valence-electron chi connectivity index (χ4n) is 1.63. The molecule has 0 unspecified atom stereocenters. The van der Waals surface area contributed by atoms with E-state index in [0.29, 0.717) is 5.69 Å². The third kappa shape index (κ3) is 4.65. The zero-order valence-corrected chi connectivity index (χ0v) is 11.5. The number of benzene rings is 2. The molecule has 2 aromatic carbocycles. The third-order valence-corrected chi connectivity index (χ3v) is 2.71. The minimum atomic E-state index is -0.397. The molecular formula is C16H15FN2O2. The van der Waals surface area contributed by atoms with Crippen molar-refractivity contribution in [1.29, 1.82) is 0 Å². The molecule has 0 fully saturated rings. The Kier molecular flexibility index (Phi) is 4.93. The van der Waals surface area contributed by atoms with Crippen molar-refractivity contribution in [3.8, 4) is 5.75 Å². The summed E-state index contributed by atoms with van der Waals surface area (Å²) in [6.45, 7) is 0. The number of urea groups is 1. The Morgan fingerprint density at radius 2 is 1.76 bits per heavy atom. The summed E-state index contributed by atoms with van der Waals surface area (Å²) in [5.74, 6) is 0.425. The van der Waals surface area contributed by atoms with Crippen LogP contribution in [0.2, 0.25) is 0 Å². The zero-order valence-electron chi connectivity index (χ0n) is 11.5. The number of anilines is 1. The first-order valence-corrected chi connectivity index (χ1v) is 6.31. The van der Waals surface area contributed by atoms with Gasteiger partial charge in [-0.1, -0.05) is 12.1 Å². The van der Waals surface area contributed by atoms with Crippen LogP contribution >= 0.6 is 0 Å². The highest BCUT2D eigenvalue weighted by Crippen LogP contribution is 2.12. The Hall–Kier alpha value is -2.82. The van der Waals surface area contributed by atoms with Crippen LogP contribution in [-0.4, -0.2) is 13.1 Å². The molecule has 0 saturated carbocycles. The van der Waals surface area contributed by atoms with E-state index >= 15 is 0 Å². The maximum atomic E-state index is 12.7. The first-order valence-electron chi connectivity index (χ1n) is 6.31.